The van der Waals surface area contributed by atoms with E-state index in [1.165, 1.54) is 42.6 Å². The molecule has 0 aliphatic rings. The third-order valence-corrected chi connectivity index (χ3v) is 21.2. The van der Waals surface area contributed by atoms with Gasteiger partial charge < -0.3 is 0 Å². The molecule has 3 heteroatoms. The molecule has 2 nitrogen and oxygen atoms in total. The molecule has 0 fully saturated rings. The summed E-state index contributed by atoms with van der Waals surface area (Å²) in [7, 11) is 0. The van der Waals surface area contributed by atoms with Gasteiger partial charge in [-0.25, -0.2) is 0 Å². The first kappa shape index (κ1) is 23.7. The van der Waals surface area contributed by atoms with Crippen LogP contribution in [-0.4, -0.2) is 24.3 Å². The third-order valence-electron chi connectivity index (χ3n) is 5.77. The van der Waals surface area contributed by atoms with Gasteiger partial charge in [0.1, 0.15) is 0 Å². The van der Waals surface area contributed by atoms with Crippen molar-refractivity contribution < 1.29 is 9.53 Å². The molecule has 0 aliphatic heterocycles. The minimum atomic E-state index is -2.59. The molecule has 0 spiro atoms. The number of rotatable bonds is 13. The Morgan fingerprint density at radius 2 is 1.66 bits per heavy atom. The molecule has 0 heterocycles. The first-order valence-electron chi connectivity index (χ1n) is 11.1. The van der Waals surface area contributed by atoms with Crippen molar-refractivity contribution in [3.8, 4) is 0 Å². The van der Waals surface area contributed by atoms with Crippen molar-refractivity contribution in [1.29, 1.82) is 0 Å². The number of hydrogen-bond acceptors (Lipinski definition) is 2. The molecule has 0 saturated carbocycles. The van der Waals surface area contributed by atoms with E-state index in [1.54, 1.807) is 0 Å². The summed E-state index contributed by atoms with van der Waals surface area (Å²) >= 11 is -2.59. The van der Waals surface area contributed by atoms with Crippen molar-refractivity contribution in [2.24, 2.45) is 0 Å². The molecule has 0 atom stereocenters. The zero-order chi connectivity index (χ0) is 21.0. The number of allylic oxidation sites excluding steroid dienone is 1. The molecule has 29 heavy (non-hydrogen) atoms. The first-order chi connectivity index (χ1) is 14.1. The summed E-state index contributed by atoms with van der Waals surface area (Å²) in [6.45, 7) is 8.85. The number of unbranched alkanes of at least 4 members (excludes halogenated alkanes) is 2. The maximum atomic E-state index is 12.7. The second-order valence-electron chi connectivity index (χ2n) is 7.96. The quantitative estimate of drug-likeness (QED) is 0.171. The van der Waals surface area contributed by atoms with E-state index >= 15 is 0 Å². The van der Waals surface area contributed by atoms with Crippen molar-refractivity contribution in [2.45, 2.75) is 65.9 Å². The second kappa shape index (κ2) is 12.9. The first-order valence-corrected chi connectivity index (χ1v) is 18.6. The van der Waals surface area contributed by atoms with Gasteiger partial charge in [-0.05, 0) is 0 Å². The minimum absolute atomic E-state index is 0.217. The van der Waals surface area contributed by atoms with Crippen LogP contribution in [0.25, 0.3) is 0 Å². The van der Waals surface area contributed by atoms with E-state index in [1.807, 2.05) is 36.4 Å². The van der Waals surface area contributed by atoms with Crippen molar-refractivity contribution in [2.75, 3.05) is 0 Å². The Morgan fingerprint density at radius 1 is 0.966 bits per heavy atom. The molecule has 0 N–H and O–H groups in total. The van der Waals surface area contributed by atoms with Crippen LogP contribution >= 0.6 is 0 Å². The third kappa shape index (κ3) is 7.33. The van der Waals surface area contributed by atoms with Gasteiger partial charge in [-0.15, -0.1) is 0 Å². The number of hydrogen-bond donors (Lipinski definition) is 0. The Labute approximate surface area is 181 Å². The monoisotopic (exact) mass is 500 g/mol. The Morgan fingerprint density at radius 3 is 2.28 bits per heavy atom. The molecule has 156 valence electrons. The summed E-state index contributed by atoms with van der Waals surface area (Å²) in [5.41, 5.74) is 1.72. The summed E-state index contributed by atoms with van der Waals surface area (Å²) < 4.78 is 11.1. The fourth-order valence-electron chi connectivity index (χ4n) is 4.00. The van der Waals surface area contributed by atoms with E-state index < -0.39 is 18.4 Å². The van der Waals surface area contributed by atoms with Gasteiger partial charge in [-0.2, -0.15) is 0 Å². The number of ether oxygens (including phenoxy) is 1. The SMILES string of the molecule is C=CC[CH2][Sn]([CH2]CCC)([CH2]CCC)[c]1cccc(C(=O)OCc2ccccc2)c1. The molecule has 0 aliphatic carbocycles. The number of benzene rings is 2. The molecule has 0 amide bonds. The molecule has 0 bridgehead atoms. The predicted octanol–water partition coefficient (Wildman–Crippen LogP) is 6.88. The normalized spacial score (nSPS) is 11.2. The average molecular weight is 499 g/mol. The van der Waals surface area contributed by atoms with Gasteiger partial charge in [0.15, 0.2) is 0 Å². The summed E-state index contributed by atoms with van der Waals surface area (Å²) in [6, 6.07) is 18.3. The Kier molecular flexibility index (Phi) is 10.5. The van der Waals surface area contributed by atoms with Gasteiger partial charge in [0.2, 0.25) is 0 Å². The molecule has 2 rings (SSSR count). The van der Waals surface area contributed by atoms with E-state index in [0.717, 1.165) is 12.0 Å². The maximum absolute atomic E-state index is 12.7. The summed E-state index contributed by atoms with van der Waals surface area (Å²) in [4.78, 5) is 12.7. The van der Waals surface area contributed by atoms with Crippen molar-refractivity contribution >= 4 is 27.9 Å². The van der Waals surface area contributed by atoms with Crippen LogP contribution in [0.2, 0.25) is 13.3 Å². The zero-order valence-electron chi connectivity index (χ0n) is 18.2. The molecule has 0 radical (unpaired) electrons. The van der Waals surface area contributed by atoms with Gasteiger partial charge in [-0.3, -0.25) is 0 Å². The van der Waals surface area contributed by atoms with Crippen LogP contribution in [0.15, 0.2) is 67.3 Å². The van der Waals surface area contributed by atoms with Crippen LogP contribution in [-0.2, 0) is 11.3 Å². The van der Waals surface area contributed by atoms with Crippen LogP contribution in [0.4, 0.5) is 0 Å². The zero-order valence-corrected chi connectivity index (χ0v) is 21.0. The number of carbonyl (C=O) groups is 1. The predicted molar refractivity (Wildman–Crippen MR) is 126 cm³/mol. The van der Waals surface area contributed by atoms with Crippen molar-refractivity contribution in [1.82, 2.24) is 0 Å². The average Bonchev–Trinajstić information content (AvgIpc) is 2.78. The molecule has 0 saturated heterocycles. The van der Waals surface area contributed by atoms with E-state index in [4.69, 9.17) is 4.74 Å². The van der Waals surface area contributed by atoms with E-state index in [2.05, 4.69) is 44.7 Å². The second-order valence-corrected chi connectivity index (χ2v) is 21.2. The topological polar surface area (TPSA) is 26.3 Å². The van der Waals surface area contributed by atoms with Gasteiger partial charge in [-0.1, -0.05) is 0 Å². The Bertz CT molecular complexity index is 746. The van der Waals surface area contributed by atoms with Gasteiger partial charge in [0, 0.05) is 0 Å². The van der Waals surface area contributed by atoms with Gasteiger partial charge >= 0.3 is 182 Å². The number of esters is 1. The molecule has 0 unspecified atom stereocenters. The van der Waals surface area contributed by atoms with Gasteiger partial charge in [0.05, 0.1) is 0 Å². The fraction of sp³-hybridized carbons (Fsp3) is 0.423. The van der Waals surface area contributed by atoms with E-state index in [0.29, 0.717) is 12.2 Å². The van der Waals surface area contributed by atoms with Crippen molar-refractivity contribution in [3.63, 3.8) is 0 Å². The van der Waals surface area contributed by atoms with Crippen LogP contribution < -0.4 is 3.58 Å². The Balaban J connectivity index is 2.24. The van der Waals surface area contributed by atoms with Crippen LogP contribution in [0.3, 0.4) is 0 Å². The molecule has 2 aromatic rings. The number of carbonyl (C=O) groups excluding carboxylic acids is 1. The summed E-state index contributed by atoms with van der Waals surface area (Å²) in [5.74, 6) is -0.217. The Hall–Kier alpha value is -1.55. The van der Waals surface area contributed by atoms with Gasteiger partial charge in [0.25, 0.3) is 0 Å². The van der Waals surface area contributed by atoms with Crippen molar-refractivity contribution in [3.05, 3.63) is 78.4 Å². The molecular weight excluding hydrogens is 463 g/mol. The van der Waals surface area contributed by atoms with Crippen LogP contribution in [0, 0.1) is 0 Å². The summed E-state index contributed by atoms with van der Waals surface area (Å²) in [5, 5.41) is 0. The molecular formula is C26H36O2Sn. The standard InChI is InChI=1S/C14H11O2.2C4H9.C4H7.Sn/c15-14(13-9-5-2-6-10-13)16-11-12-7-3-1-4-8-12;3*1-3-4-2;/h1-5,7-10H,11H2;2*1,3-4H2,2H3;3H,1-2,4H2;. The molecule has 2 aromatic carbocycles. The van der Waals surface area contributed by atoms with Crippen LogP contribution in [0.5, 0.6) is 0 Å². The van der Waals surface area contributed by atoms with E-state index in [9.17, 15) is 4.79 Å². The fourth-order valence-corrected chi connectivity index (χ4v) is 19.3. The molecule has 0 aromatic heterocycles. The van der Waals surface area contributed by atoms with E-state index in [-0.39, 0.29) is 5.97 Å². The van der Waals surface area contributed by atoms with Crippen LogP contribution in [0.1, 0.15) is 61.9 Å². The summed E-state index contributed by atoms with van der Waals surface area (Å²) in [6.07, 6.45) is 8.21.